The lowest BCUT2D eigenvalue weighted by molar-refractivity contribution is -0.256. The van der Waals surface area contributed by atoms with Crippen molar-refractivity contribution in [3.8, 4) is 0 Å². The third kappa shape index (κ3) is 10.6. The molecular formula is C24H46O7. The molecular weight excluding hydrogens is 400 g/mol. The van der Waals surface area contributed by atoms with Crippen LogP contribution in [0.3, 0.4) is 0 Å². The Kier molecular flexibility index (Phi) is 17.3. The maximum atomic E-state index is 10.3. The van der Waals surface area contributed by atoms with E-state index in [0.29, 0.717) is 18.8 Å². The number of ether oxygens (including phenoxy) is 5. The molecule has 31 heavy (non-hydrogen) atoms. The fourth-order valence-electron chi connectivity index (χ4n) is 3.93. The molecule has 7 heteroatoms. The van der Waals surface area contributed by atoms with E-state index in [-0.39, 0.29) is 30.5 Å². The molecule has 0 saturated carbocycles. The molecule has 0 aromatic heterocycles. The molecule has 0 radical (unpaired) electrons. The quantitative estimate of drug-likeness (QED) is 0.419. The number of methoxy groups -OCH3 is 4. The lowest BCUT2D eigenvalue weighted by atomic mass is 9.94. The molecule has 0 bridgehead atoms. The minimum Gasteiger partial charge on any atom is -0.400 e. The molecule has 1 heterocycles. The third-order valence-corrected chi connectivity index (χ3v) is 5.87. The van der Waals surface area contributed by atoms with E-state index in [0.717, 1.165) is 31.9 Å². The Morgan fingerprint density at radius 2 is 1.71 bits per heavy atom. The van der Waals surface area contributed by atoms with Crippen LogP contribution in [0, 0.1) is 5.92 Å². The van der Waals surface area contributed by atoms with Gasteiger partial charge in [-0.15, -0.1) is 0 Å². The van der Waals surface area contributed by atoms with Gasteiger partial charge in [0.2, 0.25) is 0 Å². The second kappa shape index (κ2) is 17.7. The standard InChI is InChI=1S/C23H42O6.CH4O/c1-8-19(25-4)16(2)13-14-18(24)12-10-9-11-17(3)22-20(26-5)15-21(27-6)23(28-7)29-22;1-2/h9-11,16,18-24H,8,12-15H2,1-7H3;2H,1H3/b10-9+,17-11+;. The molecule has 0 spiro atoms. The van der Waals surface area contributed by atoms with Crippen LogP contribution in [-0.4, -0.2) is 82.6 Å². The molecule has 0 aromatic carbocycles. The predicted octanol–water partition coefficient (Wildman–Crippen LogP) is 3.48. The Balaban J connectivity index is 0.00000436. The molecule has 1 aliphatic heterocycles. The molecule has 0 amide bonds. The van der Waals surface area contributed by atoms with E-state index in [1.807, 2.05) is 25.2 Å². The summed E-state index contributed by atoms with van der Waals surface area (Å²) in [6.45, 7) is 6.34. The largest absolute Gasteiger partial charge is 0.400 e. The van der Waals surface area contributed by atoms with E-state index in [1.54, 1.807) is 28.4 Å². The SMILES string of the molecule is CCC(OC)C(C)CCC(O)C/C=C/C=C(\C)C1OC(OC)C(OC)CC1OC.CO. The second-order valence-corrected chi connectivity index (χ2v) is 7.91. The van der Waals surface area contributed by atoms with E-state index in [1.165, 1.54) is 0 Å². The van der Waals surface area contributed by atoms with Crippen LogP contribution in [0.5, 0.6) is 0 Å². The van der Waals surface area contributed by atoms with Crippen LogP contribution in [-0.2, 0) is 23.7 Å². The van der Waals surface area contributed by atoms with Crippen LogP contribution in [0.15, 0.2) is 23.8 Å². The molecule has 0 aliphatic carbocycles. The van der Waals surface area contributed by atoms with Gasteiger partial charge < -0.3 is 33.9 Å². The molecule has 184 valence electrons. The number of hydrogen-bond donors (Lipinski definition) is 2. The van der Waals surface area contributed by atoms with Crippen LogP contribution in [0.1, 0.15) is 52.9 Å². The van der Waals surface area contributed by atoms with Crippen molar-refractivity contribution < 1.29 is 33.9 Å². The van der Waals surface area contributed by atoms with Crippen molar-refractivity contribution >= 4 is 0 Å². The Morgan fingerprint density at radius 3 is 2.23 bits per heavy atom. The van der Waals surface area contributed by atoms with Gasteiger partial charge in [0.25, 0.3) is 0 Å². The Hall–Kier alpha value is -0.800. The van der Waals surface area contributed by atoms with Gasteiger partial charge in [-0.3, -0.25) is 0 Å². The van der Waals surface area contributed by atoms with Gasteiger partial charge >= 0.3 is 0 Å². The van der Waals surface area contributed by atoms with E-state index in [2.05, 4.69) is 13.8 Å². The summed E-state index contributed by atoms with van der Waals surface area (Å²) in [6.07, 6.45) is 9.17. The van der Waals surface area contributed by atoms with E-state index < -0.39 is 6.29 Å². The zero-order valence-corrected chi connectivity index (χ0v) is 20.7. The summed E-state index contributed by atoms with van der Waals surface area (Å²) in [4.78, 5) is 0. The topological polar surface area (TPSA) is 86.6 Å². The summed E-state index contributed by atoms with van der Waals surface area (Å²) < 4.78 is 28.0. The van der Waals surface area contributed by atoms with Gasteiger partial charge in [-0.25, -0.2) is 0 Å². The first-order chi connectivity index (χ1) is 14.9. The average molecular weight is 447 g/mol. The smallest absolute Gasteiger partial charge is 0.184 e. The summed E-state index contributed by atoms with van der Waals surface area (Å²) >= 11 is 0. The fraction of sp³-hybridized carbons (Fsp3) is 0.833. The lowest BCUT2D eigenvalue weighted by Gasteiger charge is -2.39. The van der Waals surface area contributed by atoms with Crippen molar-refractivity contribution in [2.45, 2.75) is 89.7 Å². The van der Waals surface area contributed by atoms with Gasteiger partial charge in [0.1, 0.15) is 12.2 Å². The number of aliphatic hydroxyl groups excluding tert-OH is 2. The van der Waals surface area contributed by atoms with E-state index >= 15 is 0 Å². The van der Waals surface area contributed by atoms with Crippen molar-refractivity contribution in [1.29, 1.82) is 0 Å². The van der Waals surface area contributed by atoms with Crippen molar-refractivity contribution in [1.82, 2.24) is 0 Å². The van der Waals surface area contributed by atoms with Gasteiger partial charge in [0, 0.05) is 42.0 Å². The average Bonchev–Trinajstić information content (AvgIpc) is 2.81. The molecule has 2 N–H and O–H groups in total. The highest BCUT2D eigenvalue weighted by atomic mass is 16.7. The summed E-state index contributed by atoms with van der Waals surface area (Å²) in [7, 11) is 7.72. The van der Waals surface area contributed by atoms with Crippen LogP contribution in [0.4, 0.5) is 0 Å². The van der Waals surface area contributed by atoms with Crippen LogP contribution < -0.4 is 0 Å². The first-order valence-electron chi connectivity index (χ1n) is 11.1. The van der Waals surface area contributed by atoms with Crippen molar-refractivity contribution in [2.75, 3.05) is 35.5 Å². The highest BCUT2D eigenvalue weighted by Gasteiger charge is 2.39. The molecule has 1 aliphatic rings. The summed E-state index contributed by atoms with van der Waals surface area (Å²) in [5, 5.41) is 17.3. The fourth-order valence-corrected chi connectivity index (χ4v) is 3.93. The summed E-state index contributed by atoms with van der Waals surface area (Å²) in [5.74, 6) is 0.449. The Bertz CT molecular complexity index is 490. The summed E-state index contributed by atoms with van der Waals surface area (Å²) in [5.41, 5.74) is 1.05. The highest BCUT2D eigenvalue weighted by Crippen LogP contribution is 2.28. The van der Waals surface area contributed by atoms with E-state index in [4.69, 9.17) is 28.8 Å². The zero-order valence-electron chi connectivity index (χ0n) is 20.7. The molecule has 1 saturated heterocycles. The predicted molar refractivity (Wildman–Crippen MR) is 123 cm³/mol. The lowest BCUT2D eigenvalue weighted by Crippen LogP contribution is -2.49. The second-order valence-electron chi connectivity index (χ2n) is 7.91. The minimum absolute atomic E-state index is 0.0876. The molecule has 7 nitrogen and oxygen atoms in total. The molecule has 1 rings (SSSR count). The Labute approximate surface area is 189 Å². The van der Waals surface area contributed by atoms with Gasteiger partial charge in [0.15, 0.2) is 6.29 Å². The molecule has 7 unspecified atom stereocenters. The Morgan fingerprint density at radius 1 is 1.06 bits per heavy atom. The van der Waals surface area contributed by atoms with Gasteiger partial charge in [-0.05, 0) is 44.1 Å². The molecule has 1 fully saturated rings. The number of allylic oxidation sites excluding steroid dienone is 2. The van der Waals surface area contributed by atoms with Crippen LogP contribution in [0.25, 0.3) is 0 Å². The normalized spacial score (nSPS) is 27.5. The minimum atomic E-state index is -0.411. The molecule has 7 atom stereocenters. The van der Waals surface area contributed by atoms with Crippen molar-refractivity contribution in [3.05, 3.63) is 23.8 Å². The monoisotopic (exact) mass is 446 g/mol. The number of aliphatic hydroxyl groups is 2. The third-order valence-electron chi connectivity index (χ3n) is 5.87. The maximum absolute atomic E-state index is 10.3. The highest BCUT2D eigenvalue weighted by molar-refractivity contribution is 5.17. The molecule has 0 aromatic rings. The number of rotatable bonds is 13. The van der Waals surface area contributed by atoms with Gasteiger partial charge in [-0.2, -0.15) is 0 Å². The van der Waals surface area contributed by atoms with Crippen LogP contribution >= 0.6 is 0 Å². The van der Waals surface area contributed by atoms with E-state index in [9.17, 15) is 5.11 Å². The first kappa shape index (κ1) is 30.2. The first-order valence-corrected chi connectivity index (χ1v) is 11.1. The zero-order chi connectivity index (χ0) is 23.8. The van der Waals surface area contributed by atoms with Gasteiger partial charge in [0.05, 0.1) is 18.3 Å². The maximum Gasteiger partial charge on any atom is 0.184 e. The summed E-state index contributed by atoms with van der Waals surface area (Å²) in [6, 6.07) is 0. The van der Waals surface area contributed by atoms with Gasteiger partial charge in [-0.1, -0.05) is 32.1 Å². The van der Waals surface area contributed by atoms with Crippen molar-refractivity contribution in [2.24, 2.45) is 5.92 Å². The number of hydrogen-bond acceptors (Lipinski definition) is 7. The van der Waals surface area contributed by atoms with Crippen molar-refractivity contribution in [3.63, 3.8) is 0 Å². The van der Waals surface area contributed by atoms with Crippen LogP contribution in [0.2, 0.25) is 0 Å².